The van der Waals surface area contributed by atoms with Crippen molar-refractivity contribution in [1.29, 1.82) is 5.26 Å². The molecule has 4 nitrogen and oxygen atoms in total. The summed E-state index contributed by atoms with van der Waals surface area (Å²) in [5.74, 6) is 1.28. The average Bonchev–Trinajstić information content (AvgIpc) is 2.59. The van der Waals surface area contributed by atoms with E-state index in [-0.39, 0.29) is 5.92 Å². The van der Waals surface area contributed by atoms with Gasteiger partial charge in [0.25, 0.3) is 0 Å². The van der Waals surface area contributed by atoms with Crippen LogP contribution in [0.1, 0.15) is 17.0 Å². The Morgan fingerprint density at radius 1 is 1.09 bits per heavy atom. The van der Waals surface area contributed by atoms with Crippen LogP contribution in [0.2, 0.25) is 0 Å². The van der Waals surface area contributed by atoms with Crippen LogP contribution in [0.3, 0.4) is 0 Å². The predicted molar refractivity (Wildman–Crippen MR) is 90.3 cm³/mol. The summed E-state index contributed by atoms with van der Waals surface area (Å²) in [6.45, 7) is 1.13. The second kappa shape index (κ2) is 6.62. The van der Waals surface area contributed by atoms with Gasteiger partial charge in [0.05, 0.1) is 12.0 Å². The number of nitrogens with zero attached hydrogens (tertiary/aromatic N) is 2. The Morgan fingerprint density at radius 3 is 2.61 bits per heavy atom. The zero-order chi connectivity index (χ0) is 16.2. The van der Waals surface area contributed by atoms with E-state index in [1.807, 2.05) is 38.4 Å². The Hall–Kier alpha value is -2.67. The van der Waals surface area contributed by atoms with Crippen molar-refractivity contribution >= 4 is 5.69 Å². The van der Waals surface area contributed by atoms with Gasteiger partial charge in [-0.15, -0.1) is 0 Å². The smallest absolute Gasteiger partial charge is 0.161 e. The maximum absolute atomic E-state index is 9.59. The molecule has 118 valence electrons. The molecule has 0 aliphatic carbocycles. The van der Waals surface area contributed by atoms with Crippen LogP contribution < -0.4 is 14.4 Å². The van der Waals surface area contributed by atoms with Crippen LogP contribution in [0, 0.1) is 11.3 Å². The van der Waals surface area contributed by atoms with Gasteiger partial charge in [-0.3, -0.25) is 0 Å². The second-order valence-electron chi connectivity index (χ2n) is 5.85. The van der Waals surface area contributed by atoms with Gasteiger partial charge >= 0.3 is 0 Å². The van der Waals surface area contributed by atoms with Crippen LogP contribution in [0.5, 0.6) is 11.5 Å². The number of nitriles is 1. The molecule has 0 N–H and O–H groups in total. The lowest BCUT2D eigenvalue weighted by molar-refractivity contribution is 0.171. The SMILES string of the molecule is CN(C)c1cccc(CC(C#N)c2ccc3c(c2)OCCO3)c1. The molecule has 1 unspecified atom stereocenters. The number of rotatable bonds is 4. The van der Waals surface area contributed by atoms with Gasteiger partial charge in [-0.2, -0.15) is 5.26 Å². The lowest BCUT2D eigenvalue weighted by Gasteiger charge is -2.20. The molecule has 0 amide bonds. The molecule has 0 bridgehead atoms. The highest BCUT2D eigenvalue weighted by Crippen LogP contribution is 2.34. The standard InChI is InChI=1S/C19H20N2O2/c1-21(2)17-5-3-4-14(11-17)10-16(13-20)15-6-7-18-19(12-15)23-9-8-22-18/h3-7,11-12,16H,8-10H2,1-2H3. The number of benzene rings is 2. The van der Waals surface area contributed by atoms with Gasteiger partial charge in [0.1, 0.15) is 13.2 Å². The molecule has 2 aromatic carbocycles. The minimum Gasteiger partial charge on any atom is -0.486 e. The molecule has 1 atom stereocenters. The van der Waals surface area contributed by atoms with Crippen molar-refractivity contribution in [2.45, 2.75) is 12.3 Å². The van der Waals surface area contributed by atoms with E-state index in [0.717, 1.165) is 28.3 Å². The highest BCUT2D eigenvalue weighted by Gasteiger charge is 2.17. The molecular weight excluding hydrogens is 288 g/mol. The van der Waals surface area contributed by atoms with Crippen molar-refractivity contribution in [3.05, 3.63) is 53.6 Å². The van der Waals surface area contributed by atoms with E-state index < -0.39 is 0 Å². The van der Waals surface area contributed by atoms with E-state index in [4.69, 9.17) is 9.47 Å². The highest BCUT2D eigenvalue weighted by molar-refractivity contribution is 5.49. The van der Waals surface area contributed by atoms with E-state index in [9.17, 15) is 5.26 Å². The van der Waals surface area contributed by atoms with Gasteiger partial charge in [0.15, 0.2) is 11.5 Å². The molecule has 0 spiro atoms. The minimum atomic E-state index is -0.205. The van der Waals surface area contributed by atoms with Crippen LogP contribution in [0.15, 0.2) is 42.5 Å². The van der Waals surface area contributed by atoms with Gasteiger partial charge in [0, 0.05) is 19.8 Å². The normalized spacial score (nSPS) is 14.0. The topological polar surface area (TPSA) is 45.5 Å². The Morgan fingerprint density at radius 2 is 1.87 bits per heavy atom. The Bertz CT molecular complexity index is 734. The van der Waals surface area contributed by atoms with Gasteiger partial charge in [-0.25, -0.2) is 0 Å². The molecule has 23 heavy (non-hydrogen) atoms. The fraction of sp³-hybridized carbons (Fsp3) is 0.316. The molecule has 0 saturated carbocycles. The van der Waals surface area contributed by atoms with Crippen molar-refractivity contribution in [3.8, 4) is 17.6 Å². The summed E-state index contributed by atoms with van der Waals surface area (Å²) in [7, 11) is 4.03. The summed E-state index contributed by atoms with van der Waals surface area (Å²) in [6.07, 6.45) is 0.678. The van der Waals surface area contributed by atoms with E-state index in [0.29, 0.717) is 19.6 Å². The fourth-order valence-electron chi connectivity index (χ4n) is 2.71. The monoisotopic (exact) mass is 308 g/mol. The summed E-state index contributed by atoms with van der Waals surface area (Å²) in [6, 6.07) is 16.5. The lowest BCUT2D eigenvalue weighted by atomic mass is 9.92. The van der Waals surface area contributed by atoms with E-state index in [2.05, 4.69) is 29.2 Å². The quantitative estimate of drug-likeness (QED) is 0.868. The first kappa shape index (κ1) is 15.2. The summed E-state index contributed by atoms with van der Waals surface area (Å²) in [5.41, 5.74) is 3.26. The van der Waals surface area contributed by atoms with Crippen molar-refractivity contribution < 1.29 is 9.47 Å². The summed E-state index contributed by atoms with van der Waals surface area (Å²) in [5, 5.41) is 9.59. The zero-order valence-electron chi connectivity index (χ0n) is 13.5. The highest BCUT2D eigenvalue weighted by atomic mass is 16.6. The van der Waals surface area contributed by atoms with Crippen molar-refractivity contribution in [1.82, 2.24) is 0 Å². The molecule has 0 radical (unpaired) electrons. The molecule has 4 heteroatoms. The maximum atomic E-state index is 9.59. The van der Waals surface area contributed by atoms with E-state index >= 15 is 0 Å². The van der Waals surface area contributed by atoms with Gasteiger partial charge in [-0.1, -0.05) is 18.2 Å². The van der Waals surface area contributed by atoms with E-state index in [1.165, 1.54) is 0 Å². The summed E-state index contributed by atoms with van der Waals surface area (Å²) in [4.78, 5) is 2.06. The first-order valence-electron chi connectivity index (χ1n) is 7.73. The number of hydrogen-bond acceptors (Lipinski definition) is 4. The number of ether oxygens (including phenoxy) is 2. The van der Waals surface area contributed by atoms with Crippen LogP contribution >= 0.6 is 0 Å². The van der Waals surface area contributed by atoms with Gasteiger partial charge < -0.3 is 14.4 Å². The Balaban J connectivity index is 1.83. The van der Waals surface area contributed by atoms with Crippen LogP contribution in [-0.2, 0) is 6.42 Å². The predicted octanol–water partition coefficient (Wildman–Crippen LogP) is 3.37. The van der Waals surface area contributed by atoms with Crippen LogP contribution in [0.4, 0.5) is 5.69 Å². The fourth-order valence-corrected chi connectivity index (χ4v) is 2.71. The Kier molecular flexibility index (Phi) is 4.38. The third-order valence-electron chi connectivity index (χ3n) is 3.99. The largest absolute Gasteiger partial charge is 0.486 e. The molecule has 0 aromatic heterocycles. The summed E-state index contributed by atoms with van der Waals surface area (Å²) < 4.78 is 11.2. The first-order valence-corrected chi connectivity index (χ1v) is 7.73. The third-order valence-corrected chi connectivity index (χ3v) is 3.99. The van der Waals surface area contributed by atoms with Crippen LogP contribution in [0.25, 0.3) is 0 Å². The Labute approximate surface area is 136 Å². The first-order chi connectivity index (χ1) is 11.2. The zero-order valence-corrected chi connectivity index (χ0v) is 13.5. The molecule has 3 rings (SSSR count). The van der Waals surface area contributed by atoms with Gasteiger partial charge in [-0.05, 0) is 41.8 Å². The number of anilines is 1. The molecule has 1 aliphatic heterocycles. The molecule has 0 fully saturated rings. The third kappa shape index (κ3) is 3.40. The molecule has 1 aliphatic rings. The van der Waals surface area contributed by atoms with Crippen molar-refractivity contribution in [2.75, 3.05) is 32.2 Å². The second-order valence-corrected chi connectivity index (χ2v) is 5.85. The molecule has 2 aromatic rings. The molecular formula is C19H20N2O2. The average molecular weight is 308 g/mol. The van der Waals surface area contributed by atoms with Gasteiger partial charge in [0.2, 0.25) is 0 Å². The molecule has 1 heterocycles. The lowest BCUT2D eigenvalue weighted by Crippen LogP contribution is -2.15. The maximum Gasteiger partial charge on any atom is 0.161 e. The van der Waals surface area contributed by atoms with Crippen LogP contribution in [-0.4, -0.2) is 27.3 Å². The minimum absolute atomic E-state index is 0.205. The number of hydrogen-bond donors (Lipinski definition) is 0. The van der Waals surface area contributed by atoms with Crippen molar-refractivity contribution in [3.63, 3.8) is 0 Å². The number of fused-ring (bicyclic) bond motifs is 1. The van der Waals surface area contributed by atoms with Crippen molar-refractivity contribution in [2.24, 2.45) is 0 Å². The molecule has 0 saturated heterocycles. The van der Waals surface area contributed by atoms with E-state index in [1.54, 1.807) is 0 Å². The summed E-state index contributed by atoms with van der Waals surface area (Å²) >= 11 is 0.